The van der Waals surface area contributed by atoms with Gasteiger partial charge in [-0.3, -0.25) is 4.79 Å². The maximum absolute atomic E-state index is 13.8. The van der Waals surface area contributed by atoms with Crippen LogP contribution in [0.25, 0.3) is 10.9 Å². The summed E-state index contributed by atoms with van der Waals surface area (Å²) in [4.78, 5) is 20.7. The van der Waals surface area contributed by atoms with Crippen molar-refractivity contribution in [2.45, 2.75) is 19.4 Å². The van der Waals surface area contributed by atoms with Crippen LogP contribution in [0.15, 0.2) is 71.7 Å². The van der Waals surface area contributed by atoms with Crippen molar-refractivity contribution in [2.75, 3.05) is 14.1 Å². The van der Waals surface area contributed by atoms with Gasteiger partial charge in [-0.25, -0.2) is 9.38 Å². The molecule has 3 N–H and O–H groups in total. The van der Waals surface area contributed by atoms with E-state index >= 15 is 0 Å². The van der Waals surface area contributed by atoms with E-state index in [0.717, 1.165) is 23.2 Å². The molecule has 174 valence electrons. The van der Waals surface area contributed by atoms with E-state index in [2.05, 4.69) is 9.88 Å². The fraction of sp³-hybridized carbons (Fsp3) is 0.185. The number of aliphatic imine (C=N–C) groups is 1. The summed E-state index contributed by atoms with van der Waals surface area (Å²) in [5, 5.41) is 20.3. The number of fused-ring (bicyclic) bond motifs is 1. The van der Waals surface area contributed by atoms with Crippen molar-refractivity contribution in [3.05, 3.63) is 94.8 Å². The van der Waals surface area contributed by atoms with Gasteiger partial charge in [0, 0.05) is 23.9 Å². The number of carbonyl (C=O) groups is 1. The van der Waals surface area contributed by atoms with E-state index in [9.17, 15) is 14.3 Å². The molecule has 0 aliphatic heterocycles. The van der Waals surface area contributed by atoms with Gasteiger partial charge in [0.25, 0.3) is 0 Å². The Balaban J connectivity index is 1.80. The number of H-pyrrole nitrogens is 1. The highest BCUT2D eigenvalue weighted by Crippen LogP contribution is 2.32. The topological polar surface area (TPSA) is 88.9 Å². The zero-order valence-corrected chi connectivity index (χ0v) is 19.0. The summed E-state index contributed by atoms with van der Waals surface area (Å²) in [5.74, 6) is -1.35. The molecule has 0 spiro atoms. The third kappa shape index (κ3) is 5.32. The molecular weight excluding hydrogens is 433 g/mol. The summed E-state index contributed by atoms with van der Waals surface area (Å²) in [6.45, 7) is 0.809. The molecule has 3 aromatic carbocycles. The van der Waals surface area contributed by atoms with Crippen molar-refractivity contribution >= 4 is 28.3 Å². The SMILES string of the molecule is CN(C)Cc1ccc(N=C(c2ccc(CCC(=O)O)cc2)c2c(O)[nH]c3cc(F)ccc23)cc1. The van der Waals surface area contributed by atoms with Gasteiger partial charge in [0.15, 0.2) is 5.88 Å². The summed E-state index contributed by atoms with van der Waals surface area (Å²) >= 11 is 0. The Morgan fingerprint density at radius 1 is 1.00 bits per heavy atom. The number of carboxylic acid groups (broad SMARTS) is 1. The number of aromatic amines is 1. The second-order valence-corrected chi connectivity index (χ2v) is 8.49. The Labute approximate surface area is 197 Å². The molecule has 0 fully saturated rings. The molecule has 0 unspecified atom stereocenters. The maximum atomic E-state index is 13.8. The lowest BCUT2D eigenvalue weighted by atomic mass is 9.98. The number of benzene rings is 3. The van der Waals surface area contributed by atoms with Crippen molar-refractivity contribution in [1.29, 1.82) is 0 Å². The number of hydrogen-bond acceptors (Lipinski definition) is 4. The van der Waals surface area contributed by atoms with Crippen LogP contribution in [-0.2, 0) is 17.8 Å². The van der Waals surface area contributed by atoms with Gasteiger partial charge >= 0.3 is 5.97 Å². The first-order chi connectivity index (χ1) is 16.3. The summed E-state index contributed by atoms with van der Waals surface area (Å²) in [6, 6.07) is 19.6. The van der Waals surface area contributed by atoms with Gasteiger partial charge in [-0.2, -0.15) is 0 Å². The van der Waals surface area contributed by atoms with Gasteiger partial charge in [-0.05, 0) is 62.0 Å². The minimum atomic E-state index is -0.847. The number of aromatic nitrogens is 1. The molecule has 1 heterocycles. The number of hydrogen-bond donors (Lipinski definition) is 3. The van der Waals surface area contributed by atoms with E-state index in [1.807, 2.05) is 62.6 Å². The van der Waals surface area contributed by atoms with Crippen LogP contribution in [0.1, 0.15) is 28.7 Å². The molecule has 4 aromatic rings. The minimum absolute atomic E-state index is 0.0500. The average molecular weight is 460 g/mol. The molecule has 4 rings (SSSR count). The smallest absolute Gasteiger partial charge is 0.303 e. The van der Waals surface area contributed by atoms with E-state index in [1.165, 1.54) is 12.1 Å². The van der Waals surface area contributed by atoms with Gasteiger partial charge in [-0.15, -0.1) is 0 Å². The summed E-state index contributed by atoms with van der Waals surface area (Å²) in [7, 11) is 4.01. The van der Waals surface area contributed by atoms with Crippen molar-refractivity contribution in [3.8, 4) is 5.88 Å². The molecule has 0 aliphatic carbocycles. The Hall–Kier alpha value is -3.97. The standard InChI is InChI=1S/C27H26FN3O3/c1-31(2)16-18-5-11-21(12-6-18)29-26(19-8-3-17(4-9-19)7-14-24(32)33)25-22-13-10-20(28)15-23(22)30-27(25)34/h3-6,8-13,15,30,34H,7,14,16H2,1-2H3,(H,32,33). The maximum Gasteiger partial charge on any atom is 0.303 e. The van der Waals surface area contributed by atoms with E-state index < -0.39 is 11.8 Å². The number of aromatic hydroxyl groups is 1. The van der Waals surface area contributed by atoms with E-state index in [-0.39, 0.29) is 12.3 Å². The zero-order chi connectivity index (χ0) is 24.2. The van der Waals surface area contributed by atoms with E-state index in [1.54, 1.807) is 6.07 Å². The van der Waals surface area contributed by atoms with Crippen LogP contribution < -0.4 is 0 Å². The van der Waals surface area contributed by atoms with Crippen LogP contribution in [-0.4, -0.2) is 45.9 Å². The average Bonchev–Trinajstić information content (AvgIpc) is 3.11. The van der Waals surface area contributed by atoms with Crippen molar-refractivity contribution in [3.63, 3.8) is 0 Å². The fourth-order valence-corrected chi connectivity index (χ4v) is 3.91. The number of rotatable bonds is 8. The van der Waals surface area contributed by atoms with Crippen LogP contribution in [0.5, 0.6) is 5.88 Å². The van der Waals surface area contributed by atoms with Gasteiger partial charge in [0.2, 0.25) is 0 Å². The number of halogens is 1. The minimum Gasteiger partial charge on any atom is -0.494 e. The molecule has 0 amide bonds. The second-order valence-electron chi connectivity index (χ2n) is 8.49. The number of nitrogens with one attached hydrogen (secondary N) is 1. The zero-order valence-electron chi connectivity index (χ0n) is 19.0. The van der Waals surface area contributed by atoms with Crippen LogP contribution in [0.2, 0.25) is 0 Å². The third-order valence-corrected chi connectivity index (χ3v) is 5.51. The molecule has 0 bridgehead atoms. The van der Waals surface area contributed by atoms with Crippen molar-refractivity contribution in [2.24, 2.45) is 4.99 Å². The Morgan fingerprint density at radius 3 is 2.32 bits per heavy atom. The first-order valence-corrected chi connectivity index (χ1v) is 10.9. The number of aryl methyl sites for hydroxylation is 1. The summed E-state index contributed by atoms with van der Waals surface area (Å²) < 4.78 is 13.8. The first kappa shape index (κ1) is 23.2. The number of aliphatic carboxylic acids is 1. The molecule has 0 saturated heterocycles. The van der Waals surface area contributed by atoms with E-state index in [4.69, 9.17) is 10.1 Å². The highest BCUT2D eigenvalue weighted by Gasteiger charge is 2.19. The van der Waals surface area contributed by atoms with Gasteiger partial charge < -0.3 is 20.1 Å². The highest BCUT2D eigenvalue weighted by atomic mass is 19.1. The molecule has 0 atom stereocenters. The lowest BCUT2D eigenvalue weighted by Gasteiger charge is -2.11. The Morgan fingerprint density at radius 2 is 1.68 bits per heavy atom. The quantitative estimate of drug-likeness (QED) is 0.314. The van der Waals surface area contributed by atoms with Crippen LogP contribution in [0.3, 0.4) is 0 Å². The fourth-order valence-electron chi connectivity index (χ4n) is 3.91. The van der Waals surface area contributed by atoms with E-state index in [0.29, 0.717) is 34.3 Å². The number of carboxylic acids is 1. The number of nitrogens with zero attached hydrogens (tertiary/aromatic N) is 2. The summed E-state index contributed by atoms with van der Waals surface area (Å²) in [6.07, 6.45) is 0.474. The van der Waals surface area contributed by atoms with Crippen LogP contribution in [0.4, 0.5) is 10.1 Å². The van der Waals surface area contributed by atoms with Gasteiger partial charge in [0.05, 0.1) is 22.5 Å². The predicted octanol–water partition coefficient (Wildman–Crippen LogP) is 5.26. The predicted molar refractivity (Wildman–Crippen MR) is 131 cm³/mol. The Kier molecular flexibility index (Phi) is 6.75. The largest absolute Gasteiger partial charge is 0.494 e. The Bertz CT molecular complexity index is 1340. The molecule has 6 nitrogen and oxygen atoms in total. The lowest BCUT2D eigenvalue weighted by molar-refractivity contribution is -0.136. The van der Waals surface area contributed by atoms with Crippen molar-refractivity contribution in [1.82, 2.24) is 9.88 Å². The monoisotopic (exact) mass is 459 g/mol. The molecule has 0 radical (unpaired) electrons. The highest BCUT2D eigenvalue weighted by molar-refractivity contribution is 6.21. The second kappa shape index (κ2) is 9.89. The molecule has 34 heavy (non-hydrogen) atoms. The molecule has 0 aliphatic rings. The molecule has 1 aromatic heterocycles. The first-order valence-electron chi connectivity index (χ1n) is 10.9. The van der Waals surface area contributed by atoms with Crippen molar-refractivity contribution < 1.29 is 19.4 Å². The third-order valence-electron chi connectivity index (χ3n) is 5.51. The van der Waals surface area contributed by atoms with Gasteiger partial charge in [0.1, 0.15) is 5.82 Å². The molecule has 0 saturated carbocycles. The molecule has 7 heteroatoms. The lowest BCUT2D eigenvalue weighted by Crippen LogP contribution is -2.10. The summed E-state index contributed by atoms with van der Waals surface area (Å²) in [5.41, 5.74) is 4.98. The van der Waals surface area contributed by atoms with Gasteiger partial charge in [-0.1, -0.05) is 36.4 Å². The van der Waals surface area contributed by atoms with Crippen LogP contribution >= 0.6 is 0 Å². The normalized spacial score (nSPS) is 11.9. The molecular formula is C27H26FN3O3. The van der Waals surface area contributed by atoms with Crippen LogP contribution in [0, 0.1) is 5.82 Å².